The predicted molar refractivity (Wildman–Crippen MR) is 64.1 cm³/mol. The Hall–Kier alpha value is -0.860. The van der Waals surface area contributed by atoms with E-state index in [1.54, 1.807) is 0 Å². The highest BCUT2D eigenvalue weighted by atomic mass is 16.2. The van der Waals surface area contributed by atoms with Crippen LogP contribution >= 0.6 is 0 Å². The Morgan fingerprint density at radius 2 is 1.88 bits per heavy atom. The van der Waals surface area contributed by atoms with Gasteiger partial charge in [0.25, 0.3) is 0 Å². The average molecular weight is 225 g/mol. The number of ketones is 1. The third-order valence-electron chi connectivity index (χ3n) is 3.41. The SMILES string of the molecule is CCC(NC(=O)CC(C)=O)C1CCCCC1. The van der Waals surface area contributed by atoms with E-state index in [1.165, 1.54) is 39.0 Å². The first kappa shape index (κ1) is 13.2. The summed E-state index contributed by atoms with van der Waals surface area (Å²) in [6.07, 6.45) is 7.33. The van der Waals surface area contributed by atoms with Crippen molar-refractivity contribution in [2.75, 3.05) is 0 Å². The second-order valence-electron chi connectivity index (χ2n) is 4.86. The van der Waals surface area contributed by atoms with Crippen LogP contribution in [-0.2, 0) is 9.59 Å². The van der Waals surface area contributed by atoms with E-state index >= 15 is 0 Å². The van der Waals surface area contributed by atoms with Crippen LogP contribution in [0.2, 0.25) is 0 Å². The molecule has 0 spiro atoms. The van der Waals surface area contributed by atoms with E-state index in [0.29, 0.717) is 5.92 Å². The van der Waals surface area contributed by atoms with Crippen molar-refractivity contribution < 1.29 is 9.59 Å². The van der Waals surface area contributed by atoms with Crippen molar-refractivity contribution in [3.8, 4) is 0 Å². The molecule has 1 N–H and O–H groups in total. The highest BCUT2D eigenvalue weighted by Gasteiger charge is 2.23. The average Bonchev–Trinajstić information content (AvgIpc) is 2.26. The number of hydrogen-bond donors (Lipinski definition) is 1. The van der Waals surface area contributed by atoms with Gasteiger partial charge in [0.05, 0.1) is 6.42 Å². The van der Waals surface area contributed by atoms with Gasteiger partial charge in [-0.05, 0) is 32.1 Å². The van der Waals surface area contributed by atoms with Crippen LogP contribution in [0.1, 0.15) is 58.8 Å². The van der Waals surface area contributed by atoms with Crippen molar-refractivity contribution in [3.05, 3.63) is 0 Å². The van der Waals surface area contributed by atoms with Crippen LogP contribution in [0.4, 0.5) is 0 Å². The Morgan fingerprint density at radius 3 is 2.38 bits per heavy atom. The Labute approximate surface area is 98.0 Å². The molecule has 16 heavy (non-hydrogen) atoms. The van der Waals surface area contributed by atoms with E-state index in [-0.39, 0.29) is 24.2 Å². The second kappa shape index (κ2) is 6.66. The number of amides is 1. The maximum absolute atomic E-state index is 11.5. The summed E-state index contributed by atoms with van der Waals surface area (Å²) in [5.41, 5.74) is 0. The van der Waals surface area contributed by atoms with Gasteiger partial charge in [0, 0.05) is 6.04 Å². The quantitative estimate of drug-likeness (QED) is 0.730. The molecular weight excluding hydrogens is 202 g/mol. The zero-order chi connectivity index (χ0) is 12.0. The fraction of sp³-hybridized carbons (Fsp3) is 0.846. The largest absolute Gasteiger partial charge is 0.353 e. The Balaban J connectivity index is 2.40. The predicted octanol–water partition coefficient (Wildman–Crippen LogP) is 2.44. The molecule has 0 aliphatic heterocycles. The van der Waals surface area contributed by atoms with Gasteiger partial charge in [-0.1, -0.05) is 26.2 Å². The zero-order valence-electron chi connectivity index (χ0n) is 10.4. The zero-order valence-corrected chi connectivity index (χ0v) is 10.4. The van der Waals surface area contributed by atoms with Crippen LogP contribution in [0, 0.1) is 5.92 Å². The number of nitrogens with one attached hydrogen (secondary N) is 1. The van der Waals surface area contributed by atoms with E-state index in [9.17, 15) is 9.59 Å². The molecule has 3 heteroatoms. The first-order chi connectivity index (χ1) is 7.63. The van der Waals surface area contributed by atoms with E-state index in [2.05, 4.69) is 12.2 Å². The van der Waals surface area contributed by atoms with Crippen LogP contribution in [0.15, 0.2) is 0 Å². The molecule has 0 saturated heterocycles. The first-order valence-electron chi connectivity index (χ1n) is 6.42. The molecule has 0 heterocycles. The molecule has 0 aromatic rings. The van der Waals surface area contributed by atoms with E-state index < -0.39 is 0 Å². The number of rotatable bonds is 5. The second-order valence-corrected chi connectivity index (χ2v) is 4.86. The van der Waals surface area contributed by atoms with Crippen molar-refractivity contribution in [1.29, 1.82) is 0 Å². The summed E-state index contributed by atoms with van der Waals surface area (Å²) in [7, 11) is 0. The lowest BCUT2D eigenvalue weighted by atomic mass is 9.83. The molecule has 1 amide bonds. The normalized spacial score (nSPS) is 19.1. The lowest BCUT2D eigenvalue weighted by Crippen LogP contribution is -2.41. The Morgan fingerprint density at radius 1 is 1.25 bits per heavy atom. The molecule has 0 aromatic carbocycles. The summed E-state index contributed by atoms with van der Waals surface area (Å²) in [4.78, 5) is 22.4. The fourth-order valence-electron chi connectivity index (χ4n) is 2.57. The Bertz CT molecular complexity index is 244. The highest BCUT2D eigenvalue weighted by molar-refractivity contribution is 5.96. The number of Topliss-reactive ketones (excluding diaryl/α,β-unsaturated/α-hetero) is 1. The van der Waals surface area contributed by atoms with Gasteiger partial charge in [-0.15, -0.1) is 0 Å². The van der Waals surface area contributed by atoms with E-state index in [4.69, 9.17) is 0 Å². The van der Waals surface area contributed by atoms with Crippen molar-refractivity contribution in [2.24, 2.45) is 5.92 Å². The lowest BCUT2D eigenvalue weighted by molar-refractivity contribution is -0.127. The minimum Gasteiger partial charge on any atom is -0.353 e. The molecule has 0 radical (unpaired) electrons. The molecule has 1 rings (SSSR count). The minimum atomic E-state index is -0.107. The lowest BCUT2D eigenvalue weighted by Gasteiger charge is -2.30. The van der Waals surface area contributed by atoms with Crippen molar-refractivity contribution in [3.63, 3.8) is 0 Å². The summed E-state index contributed by atoms with van der Waals surface area (Å²) in [5.74, 6) is 0.454. The van der Waals surface area contributed by atoms with Gasteiger partial charge < -0.3 is 5.32 Å². The van der Waals surface area contributed by atoms with Crippen molar-refractivity contribution in [1.82, 2.24) is 5.32 Å². The smallest absolute Gasteiger partial charge is 0.227 e. The molecular formula is C13H23NO2. The van der Waals surface area contributed by atoms with Crippen LogP contribution in [0.5, 0.6) is 0 Å². The third kappa shape index (κ3) is 4.33. The molecule has 92 valence electrons. The number of hydrogen-bond acceptors (Lipinski definition) is 2. The van der Waals surface area contributed by atoms with Crippen LogP contribution in [0.25, 0.3) is 0 Å². The summed E-state index contributed by atoms with van der Waals surface area (Å²) >= 11 is 0. The summed E-state index contributed by atoms with van der Waals surface area (Å²) in [6.45, 7) is 3.56. The van der Waals surface area contributed by atoms with Gasteiger partial charge >= 0.3 is 0 Å². The molecule has 1 aliphatic carbocycles. The molecule has 1 atom stereocenters. The minimum absolute atomic E-state index is 0.0310. The van der Waals surface area contributed by atoms with Gasteiger partial charge in [0.2, 0.25) is 5.91 Å². The molecule has 3 nitrogen and oxygen atoms in total. The highest BCUT2D eigenvalue weighted by Crippen LogP contribution is 2.27. The summed E-state index contributed by atoms with van der Waals surface area (Å²) in [6, 6.07) is 0.271. The van der Waals surface area contributed by atoms with Crippen LogP contribution in [0.3, 0.4) is 0 Å². The molecule has 1 aliphatic rings. The number of carbonyl (C=O) groups is 2. The van der Waals surface area contributed by atoms with Gasteiger partial charge in [-0.25, -0.2) is 0 Å². The summed E-state index contributed by atoms with van der Waals surface area (Å²) in [5, 5.41) is 3.01. The van der Waals surface area contributed by atoms with Crippen LogP contribution in [-0.4, -0.2) is 17.7 Å². The van der Waals surface area contributed by atoms with Crippen LogP contribution < -0.4 is 5.32 Å². The molecule has 0 bridgehead atoms. The molecule has 1 saturated carbocycles. The van der Waals surface area contributed by atoms with E-state index in [1.807, 2.05) is 0 Å². The maximum Gasteiger partial charge on any atom is 0.227 e. The van der Waals surface area contributed by atoms with Crippen molar-refractivity contribution >= 4 is 11.7 Å². The maximum atomic E-state index is 11.5. The molecule has 1 unspecified atom stereocenters. The standard InChI is InChI=1S/C13H23NO2/c1-3-12(11-7-5-4-6-8-11)14-13(16)9-10(2)15/h11-12H,3-9H2,1-2H3,(H,14,16). The Kier molecular flexibility index (Phi) is 5.50. The van der Waals surface area contributed by atoms with Crippen molar-refractivity contribution in [2.45, 2.75) is 64.8 Å². The van der Waals surface area contributed by atoms with Gasteiger partial charge in [0.1, 0.15) is 5.78 Å². The topological polar surface area (TPSA) is 46.2 Å². The van der Waals surface area contributed by atoms with Gasteiger partial charge in [-0.2, -0.15) is 0 Å². The number of carbonyl (C=O) groups excluding carboxylic acids is 2. The summed E-state index contributed by atoms with van der Waals surface area (Å²) < 4.78 is 0. The molecule has 1 fully saturated rings. The third-order valence-corrected chi connectivity index (χ3v) is 3.41. The van der Waals surface area contributed by atoms with E-state index in [0.717, 1.165) is 6.42 Å². The fourth-order valence-corrected chi connectivity index (χ4v) is 2.57. The van der Waals surface area contributed by atoms with Gasteiger partial charge in [0.15, 0.2) is 0 Å². The van der Waals surface area contributed by atoms with Gasteiger partial charge in [-0.3, -0.25) is 9.59 Å². The molecule has 0 aromatic heterocycles. The first-order valence-corrected chi connectivity index (χ1v) is 6.42. The monoisotopic (exact) mass is 225 g/mol.